The zero-order valence-electron chi connectivity index (χ0n) is 10.2. The molecule has 16 heavy (non-hydrogen) atoms. The molecular weight excluding hydrogens is 198 g/mol. The van der Waals surface area contributed by atoms with Crippen molar-refractivity contribution in [3.63, 3.8) is 0 Å². The van der Waals surface area contributed by atoms with Gasteiger partial charge in [-0.05, 0) is 12.1 Å². The predicted octanol–water partition coefficient (Wildman–Crippen LogP) is 3.86. The van der Waals surface area contributed by atoms with Crippen LogP contribution in [0, 0.1) is 0 Å². The Hall–Kier alpha value is -1.83. The lowest BCUT2D eigenvalue weighted by molar-refractivity contribution is 0.554. The van der Waals surface area contributed by atoms with E-state index < -0.39 is 0 Å². The maximum Gasteiger partial charge on any atom is 0.214 e. The molecular formula is C14H19NO. The summed E-state index contributed by atoms with van der Waals surface area (Å²) in [5.41, 5.74) is 0. The van der Waals surface area contributed by atoms with E-state index in [1.54, 1.807) is 25.3 Å². The van der Waals surface area contributed by atoms with Crippen LogP contribution in [0.1, 0.15) is 13.8 Å². The second-order valence-electron chi connectivity index (χ2n) is 2.57. The molecule has 0 aliphatic rings. The summed E-state index contributed by atoms with van der Waals surface area (Å²) in [5.74, 6) is 1.35. The van der Waals surface area contributed by atoms with E-state index in [4.69, 9.17) is 4.74 Å². The predicted molar refractivity (Wildman–Crippen MR) is 71.1 cm³/mol. The smallest absolute Gasteiger partial charge is 0.214 e. The zero-order chi connectivity index (χ0) is 12.2. The zero-order valence-corrected chi connectivity index (χ0v) is 10.2. The van der Waals surface area contributed by atoms with Gasteiger partial charge in [-0.3, -0.25) is 4.99 Å². The highest BCUT2D eigenvalue weighted by atomic mass is 16.5. The molecule has 2 nitrogen and oxygen atoms in total. The molecule has 0 unspecified atom stereocenters. The van der Waals surface area contributed by atoms with Crippen molar-refractivity contribution >= 4 is 5.90 Å². The Balaban J connectivity index is 0.00000106. The normalized spacial score (nSPS) is 10.6. The van der Waals surface area contributed by atoms with Crippen LogP contribution in [0.4, 0.5) is 0 Å². The number of hydrogen-bond acceptors (Lipinski definition) is 2. The summed E-state index contributed by atoms with van der Waals surface area (Å²) in [5, 5.41) is 0. The molecule has 1 rings (SSSR count). The lowest BCUT2D eigenvalue weighted by Crippen LogP contribution is -2.04. The summed E-state index contributed by atoms with van der Waals surface area (Å²) in [6, 6.07) is 9.54. The van der Waals surface area contributed by atoms with Crippen molar-refractivity contribution in [2.24, 2.45) is 4.99 Å². The van der Waals surface area contributed by atoms with E-state index in [2.05, 4.69) is 11.6 Å². The summed E-state index contributed by atoms with van der Waals surface area (Å²) in [6.07, 6.45) is 5.23. The molecule has 0 atom stereocenters. The Kier molecular flexibility index (Phi) is 8.60. The molecule has 0 heterocycles. The van der Waals surface area contributed by atoms with E-state index in [9.17, 15) is 0 Å². The minimum absolute atomic E-state index is 0.566. The standard InChI is InChI=1S/C12H13NO.C2H6/c1-3-4-10-12(13-2)14-11-8-6-5-7-9-11;1-2/h3-10H,1H2,2H3;1-2H3/b10-4-,13-12?;. The second kappa shape index (κ2) is 9.71. The molecule has 0 N–H and O–H groups in total. The summed E-state index contributed by atoms with van der Waals surface area (Å²) in [6.45, 7) is 7.58. The van der Waals surface area contributed by atoms with Gasteiger partial charge in [0, 0.05) is 13.1 Å². The fourth-order valence-corrected chi connectivity index (χ4v) is 0.914. The maximum atomic E-state index is 5.48. The van der Waals surface area contributed by atoms with Crippen molar-refractivity contribution in [3.8, 4) is 5.75 Å². The van der Waals surface area contributed by atoms with Gasteiger partial charge in [-0.25, -0.2) is 0 Å². The van der Waals surface area contributed by atoms with E-state index in [-0.39, 0.29) is 0 Å². The van der Waals surface area contributed by atoms with E-state index in [1.165, 1.54) is 0 Å². The molecule has 0 fully saturated rings. The van der Waals surface area contributed by atoms with Gasteiger partial charge in [0.2, 0.25) is 5.90 Å². The van der Waals surface area contributed by atoms with Gasteiger partial charge in [0.25, 0.3) is 0 Å². The minimum atomic E-state index is 0.566. The van der Waals surface area contributed by atoms with E-state index in [0.29, 0.717) is 5.90 Å². The minimum Gasteiger partial charge on any atom is -0.439 e. The van der Waals surface area contributed by atoms with Crippen LogP contribution in [0.5, 0.6) is 5.75 Å². The van der Waals surface area contributed by atoms with Gasteiger partial charge in [0.15, 0.2) is 0 Å². The van der Waals surface area contributed by atoms with Crippen molar-refractivity contribution in [2.75, 3.05) is 7.05 Å². The number of rotatable bonds is 3. The number of ether oxygens (including phenoxy) is 1. The number of allylic oxidation sites excluding steroid dienone is 2. The Morgan fingerprint density at radius 3 is 2.38 bits per heavy atom. The van der Waals surface area contributed by atoms with Gasteiger partial charge in [0.05, 0.1) is 0 Å². The number of para-hydroxylation sites is 1. The maximum absolute atomic E-state index is 5.48. The Morgan fingerprint density at radius 2 is 1.88 bits per heavy atom. The lowest BCUT2D eigenvalue weighted by Gasteiger charge is -2.03. The molecule has 86 valence electrons. The van der Waals surface area contributed by atoms with Gasteiger partial charge in [-0.15, -0.1) is 0 Å². The van der Waals surface area contributed by atoms with Crippen molar-refractivity contribution in [2.45, 2.75) is 13.8 Å². The first-order valence-electron chi connectivity index (χ1n) is 5.35. The van der Waals surface area contributed by atoms with Crippen LogP contribution in [0.3, 0.4) is 0 Å². The van der Waals surface area contributed by atoms with Crippen LogP contribution in [-0.2, 0) is 0 Å². The molecule has 2 heteroatoms. The van der Waals surface area contributed by atoms with Crippen molar-refractivity contribution in [3.05, 3.63) is 55.1 Å². The average Bonchev–Trinajstić information content (AvgIpc) is 2.38. The third-order valence-corrected chi connectivity index (χ3v) is 1.56. The first kappa shape index (κ1) is 14.2. The molecule has 0 aliphatic heterocycles. The monoisotopic (exact) mass is 217 g/mol. The summed E-state index contributed by atoms with van der Waals surface area (Å²) in [7, 11) is 1.69. The Morgan fingerprint density at radius 1 is 1.25 bits per heavy atom. The van der Waals surface area contributed by atoms with Crippen LogP contribution in [0.25, 0.3) is 0 Å². The van der Waals surface area contributed by atoms with Crippen molar-refractivity contribution in [1.29, 1.82) is 0 Å². The molecule has 0 aromatic heterocycles. The molecule has 0 saturated carbocycles. The van der Waals surface area contributed by atoms with E-state index in [1.807, 2.05) is 44.2 Å². The van der Waals surface area contributed by atoms with Crippen molar-refractivity contribution in [1.82, 2.24) is 0 Å². The Bertz CT molecular complexity index is 339. The number of hydrogen-bond donors (Lipinski definition) is 0. The quantitative estimate of drug-likeness (QED) is 0.428. The third kappa shape index (κ3) is 5.81. The first-order valence-corrected chi connectivity index (χ1v) is 5.35. The van der Waals surface area contributed by atoms with Gasteiger partial charge >= 0.3 is 0 Å². The molecule has 0 bridgehead atoms. The van der Waals surface area contributed by atoms with Crippen molar-refractivity contribution < 1.29 is 4.74 Å². The number of benzene rings is 1. The van der Waals surface area contributed by atoms with Gasteiger partial charge < -0.3 is 4.74 Å². The Labute approximate surface area is 98.0 Å². The van der Waals surface area contributed by atoms with Crippen LogP contribution in [0.2, 0.25) is 0 Å². The summed E-state index contributed by atoms with van der Waals surface area (Å²) < 4.78 is 5.48. The van der Waals surface area contributed by atoms with Crippen LogP contribution >= 0.6 is 0 Å². The molecule has 0 aliphatic carbocycles. The number of nitrogens with zero attached hydrogens (tertiary/aromatic N) is 1. The van der Waals surface area contributed by atoms with Gasteiger partial charge in [0.1, 0.15) is 5.75 Å². The molecule has 0 amide bonds. The van der Waals surface area contributed by atoms with E-state index in [0.717, 1.165) is 5.75 Å². The molecule has 0 spiro atoms. The summed E-state index contributed by atoms with van der Waals surface area (Å²) >= 11 is 0. The highest BCUT2D eigenvalue weighted by Crippen LogP contribution is 2.08. The first-order chi connectivity index (χ1) is 7.86. The largest absolute Gasteiger partial charge is 0.439 e. The topological polar surface area (TPSA) is 21.6 Å². The van der Waals surface area contributed by atoms with Crippen LogP contribution < -0.4 is 4.74 Å². The highest BCUT2D eigenvalue weighted by Gasteiger charge is 1.95. The SMILES string of the molecule is C=C/C=C\C(=NC)Oc1ccccc1.CC. The average molecular weight is 217 g/mol. The molecule has 0 radical (unpaired) electrons. The molecule has 0 saturated heterocycles. The summed E-state index contributed by atoms with van der Waals surface area (Å²) in [4.78, 5) is 3.98. The van der Waals surface area contributed by atoms with E-state index >= 15 is 0 Å². The lowest BCUT2D eigenvalue weighted by atomic mass is 10.3. The van der Waals surface area contributed by atoms with Crippen LogP contribution in [0.15, 0.2) is 60.1 Å². The molecule has 1 aromatic rings. The fourth-order valence-electron chi connectivity index (χ4n) is 0.914. The van der Waals surface area contributed by atoms with Crippen LogP contribution in [-0.4, -0.2) is 12.9 Å². The van der Waals surface area contributed by atoms with Gasteiger partial charge in [-0.1, -0.05) is 50.8 Å². The van der Waals surface area contributed by atoms with Gasteiger partial charge in [-0.2, -0.15) is 0 Å². The molecule has 1 aromatic carbocycles. The second-order valence-corrected chi connectivity index (χ2v) is 2.57. The highest BCUT2D eigenvalue weighted by molar-refractivity contribution is 5.89. The number of aliphatic imine (C=N–C) groups is 1. The fraction of sp³-hybridized carbons (Fsp3) is 0.214. The third-order valence-electron chi connectivity index (χ3n) is 1.56.